The van der Waals surface area contributed by atoms with E-state index in [9.17, 15) is 4.79 Å². The highest BCUT2D eigenvalue weighted by molar-refractivity contribution is 5.76. The van der Waals surface area contributed by atoms with Crippen molar-refractivity contribution in [1.29, 1.82) is 0 Å². The number of nitrogens with one attached hydrogen (secondary N) is 1. The van der Waals surface area contributed by atoms with Gasteiger partial charge in [-0.3, -0.25) is 4.79 Å². The Hall–Kier alpha value is -1.35. The van der Waals surface area contributed by atoms with Gasteiger partial charge >= 0.3 is 0 Å². The van der Waals surface area contributed by atoms with Crippen LogP contribution in [-0.2, 0) is 4.79 Å². The summed E-state index contributed by atoms with van der Waals surface area (Å²) in [6.45, 7) is 5.61. The summed E-state index contributed by atoms with van der Waals surface area (Å²) in [7, 11) is 0. The van der Waals surface area contributed by atoms with Crippen molar-refractivity contribution in [2.45, 2.75) is 39.0 Å². The Morgan fingerprint density at radius 2 is 2.06 bits per heavy atom. The number of hydrogen-bond donors (Lipinski definition) is 2. The van der Waals surface area contributed by atoms with E-state index in [1.807, 2.05) is 12.1 Å². The average Bonchev–Trinajstić information content (AvgIpc) is 2.35. The van der Waals surface area contributed by atoms with Crippen LogP contribution >= 0.6 is 0 Å². The molecular weight excluding hydrogens is 224 g/mol. The predicted molar refractivity (Wildman–Crippen MR) is 75.5 cm³/mol. The fraction of sp³-hybridized carbons (Fsp3) is 0.533. The molecule has 100 valence electrons. The summed E-state index contributed by atoms with van der Waals surface area (Å²) in [5.74, 6) is 0.392. The summed E-state index contributed by atoms with van der Waals surface area (Å²) in [4.78, 5) is 11.8. The number of benzene rings is 1. The zero-order valence-corrected chi connectivity index (χ0v) is 11.4. The van der Waals surface area contributed by atoms with Crippen LogP contribution in [0.3, 0.4) is 0 Å². The summed E-state index contributed by atoms with van der Waals surface area (Å²) in [5, 5.41) is 2.94. The molecule has 0 saturated heterocycles. The Morgan fingerprint density at radius 3 is 2.72 bits per heavy atom. The Bertz CT molecular complexity index is 377. The van der Waals surface area contributed by atoms with E-state index in [1.54, 1.807) is 0 Å². The number of aryl methyl sites for hydroxylation is 1. The number of amides is 1. The number of carbonyl (C=O) groups excluding carboxylic acids is 1. The maximum atomic E-state index is 11.8. The fourth-order valence-electron chi connectivity index (χ4n) is 2.10. The highest BCUT2D eigenvalue weighted by atomic mass is 16.1. The number of nitrogens with two attached hydrogens (primary N) is 1. The largest absolute Gasteiger partial charge is 0.356 e. The van der Waals surface area contributed by atoms with Crippen molar-refractivity contribution in [3.63, 3.8) is 0 Å². The lowest BCUT2D eigenvalue weighted by molar-refractivity contribution is -0.121. The molecule has 0 saturated carbocycles. The zero-order valence-electron chi connectivity index (χ0n) is 11.4. The van der Waals surface area contributed by atoms with Gasteiger partial charge in [0.2, 0.25) is 5.91 Å². The molecule has 1 unspecified atom stereocenters. The summed E-state index contributed by atoms with van der Waals surface area (Å²) in [6, 6.07) is 8.24. The molecule has 1 aromatic carbocycles. The van der Waals surface area contributed by atoms with Crippen LogP contribution in [0.25, 0.3) is 0 Å². The maximum absolute atomic E-state index is 11.8. The minimum Gasteiger partial charge on any atom is -0.356 e. The van der Waals surface area contributed by atoms with Gasteiger partial charge in [-0.25, -0.2) is 0 Å². The van der Waals surface area contributed by atoms with Gasteiger partial charge in [-0.2, -0.15) is 0 Å². The molecule has 18 heavy (non-hydrogen) atoms. The van der Waals surface area contributed by atoms with Gasteiger partial charge < -0.3 is 11.1 Å². The first-order valence-corrected chi connectivity index (χ1v) is 6.67. The van der Waals surface area contributed by atoms with Gasteiger partial charge in [0.15, 0.2) is 0 Å². The maximum Gasteiger partial charge on any atom is 0.220 e. The Morgan fingerprint density at radius 1 is 1.33 bits per heavy atom. The topological polar surface area (TPSA) is 55.1 Å². The number of hydrogen-bond acceptors (Lipinski definition) is 2. The molecule has 1 rings (SSSR count). The molecule has 3 N–H and O–H groups in total. The van der Waals surface area contributed by atoms with E-state index in [4.69, 9.17) is 5.73 Å². The molecule has 3 heteroatoms. The summed E-state index contributed by atoms with van der Waals surface area (Å²) in [5.41, 5.74) is 7.92. The normalized spacial score (nSPS) is 12.2. The van der Waals surface area contributed by atoms with Gasteiger partial charge in [0.1, 0.15) is 0 Å². The van der Waals surface area contributed by atoms with E-state index in [0.29, 0.717) is 13.0 Å². The van der Waals surface area contributed by atoms with Gasteiger partial charge in [0, 0.05) is 13.0 Å². The van der Waals surface area contributed by atoms with Crippen LogP contribution in [0.4, 0.5) is 0 Å². The lowest BCUT2D eigenvalue weighted by Crippen LogP contribution is -2.26. The van der Waals surface area contributed by atoms with Crippen molar-refractivity contribution in [2.24, 2.45) is 5.73 Å². The first kappa shape index (κ1) is 14.7. The van der Waals surface area contributed by atoms with Crippen molar-refractivity contribution >= 4 is 5.91 Å². The monoisotopic (exact) mass is 248 g/mol. The molecule has 0 aliphatic carbocycles. The fourth-order valence-corrected chi connectivity index (χ4v) is 2.10. The molecule has 0 heterocycles. The molecule has 3 nitrogen and oxygen atoms in total. The highest BCUT2D eigenvalue weighted by Crippen LogP contribution is 2.21. The summed E-state index contributed by atoms with van der Waals surface area (Å²) in [6.07, 6.45) is 2.47. The Labute approximate surface area is 110 Å². The minimum absolute atomic E-state index is 0.128. The van der Waals surface area contributed by atoms with Crippen LogP contribution < -0.4 is 11.1 Å². The second kappa shape index (κ2) is 7.88. The van der Waals surface area contributed by atoms with Crippen molar-refractivity contribution in [3.05, 3.63) is 35.4 Å². The predicted octanol–water partition coefficient (Wildman–Crippen LogP) is 2.34. The second-order valence-electron chi connectivity index (χ2n) is 4.81. The Kier molecular flexibility index (Phi) is 6.44. The third kappa shape index (κ3) is 4.88. The van der Waals surface area contributed by atoms with Crippen molar-refractivity contribution in [2.75, 3.05) is 13.1 Å². The Balaban J connectivity index is 2.38. The highest BCUT2D eigenvalue weighted by Gasteiger charge is 2.12. The summed E-state index contributed by atoms with van der Waals surface area (Å²) < 4.78 is 0. The lowest BCUT2D eigenvalue weighted by Gasteiger charge is -2.14. The second-order valence-corrected chi connectivity index (χ2v) is 4.81. The van der Waals surface area contributed by atoms with Crippen LogP contribution in [0.5, 0.6) is 0 Å². The van der Waals surface area contributed by atoms with Crippen molar-refractivity contribution in [1.82, 2.24) is 5.32 Å². The molecule has 0 bridgehead atoms. The summed E-state index contributed by atoms with van der Waals surface area (Å²) >= 11 is 0. The van der Waals surface area contributed by atoms with Gasteiger partial charge in [0.25, 0.3) is 0 Å². The van der Waals surface area contributed by atoms with E-state index in [2.05, 4.69) is 31.3 Å². The third-order valence-electron chi connectivity index (χ3n) is 3.16. The van der Waals surface area contributed by atoms with E-state index < -0.39 is 0 Å². The zero-order chi connectivity index (χ0) is 13.4. The van der Waals surface area contributed by atoms with Gasteiger partial charge in [-0.1, -0.05) is 31.2 Å². The van der Waals surface area contributed by atoms with E-state index in [-0.39, 0.29) is 11.8 Å². The number of carbonyl (C=O) groups is 1. The molecule has 1 aromatic rings. The van der Waals surface area contributed by atoms with Gasteiger partial charge in [-0.15, -0.1) is 0 Å². The minimum atomic E-state index is 0.128. The average molecular weight is 248 g/mol. The quantitative estimate of drug-likeness (QED) is 0.728. The first-order valence-electron chi connectivity index (χ1n) is 6.67. The van der Waals surface area contributed by atoms with Gasteiger partial charge in [0.05, 0.1) is 0 Å². The molecule has 0 radical (unpaired) electrons. The van der Waals surface area contributed by atoms with Crippen molar-refractivity contribution in [3.8, 4) is 0 Å². The standard InChI is InChI=1S/C15H24N2O/c1-12-7-3-4-8-14(12)13(2)11-15(18)17-10-6-5-9-16/h3-4,7-8,13H,5-6,9-11,16H2,1-2H3,(H,17,18). The smallest absolute Gasteiger partial charge is 0.220 e. The first-order chi connectivity index (χ1) is 8.65. The van der Waals surface area contributed by atoms with E-state index in [0.717, 1.165) is 19.4 Å². The molecule has 1 amide bonds. The van der Waals surface area contributed by atoms with Crippen LogP contribution in [0, 0.1) is 6.92 Å². The molecule has 0 aliphatic rings. The molecule has 1 atom stereocenters. The van der Waals surface area contributed by atoms with E-state index in [1.165, 1.54) is 11.1 Å². The number of rotatable bonds is 7. The van der Waals surface area contributed by atoms with Crippen LogP contribution in [-0.4, -0.2) is 19.0 Å². The molecular formula is C15H24N2O. The van der Waals surface area contributed by atoms with Crippen molar-refractivity contribution < 1.29 is 4.79 Å². The molecule has 0 aromatic heterocycles. The third-order valence-corrected chi connectivity index (χ3v) is 3.16. The van der Waals surface area contributed by atoms with Crippen LogP contribution in [0.2, 0.25) is 0 Å². The van der Waals surface area contributed by atoms with Crippen LogP contribution in [0.15, 0.2) is 24.3 Å². The molecule has 0 spiro atoms. The van der Waals surface area contributed by atoms with Crippen LogP contribution in [0.1, 0.15) is 43.2 Å². The number of unbranched alkanes of at least 4 members (excludes halogenated alkanes) is 1. The SMILES string of the molecule is Cc1ccccc1C(C)CC(=O)NCCCCN. The van der Waals surface area contributed by atoms with E-state index >= 15 is 0 Å². The molecule has 0 aliphatic heterocycles. The lowest BCUT2D eigenvalue weighted by atomic mass is 9.93. The molecule has 0 fully saturated rings. The van der Waals surface area contributed by atoms with Gasteiger partial charge in [-0.05, 0) is 43.4 Å².